The Hall–Kier alpha value is -1.12. The second-order valence-corrected chi connectivity index (χ2v) is 6.46. The highest BCUT2D eigenvalue weighted by atomic mass is 32.1. The number of hydrogen-bond acceptors (Lipinski definition) is 2. The van der Waals surface area contributed by atoms with Crippen molar-refractivity contribution in [1.82, 2.24) is 5.32 Å². The molecule has 0 radical (unpaired) electrons. The van der Waals surface area contributed by atoms with E-state index < -0.39 is 0 Å². The van der Waals surface area contributed by atoms with Crippen LogP contribution in [0.5, 0.6) is 0 Å². The van der Waals surface area contributed by atoms with Crippen molar-refractivity contribution in [3.8, 4) is 0 Å². The van der Waals surface area contributed by atoms with E-state index in [1.165, 1.54) is 27.1 Å². The molecule has 2 heteroatoms. The fourth-order valence-electron chi connectivity index (χ4n) is 2.30. The second-order valence-electron chi connectivity index (χ2n) is 5.43. The van der Waals surface area contributed by atoms with Gasteiger partial charge in [0.05, 0.1) is 0 Å². The number of aryl methyl sites for hydroxylation is 3. The Morgan fingerprint density at radius 1 is 1.11 bits per heavy atom. The smallest absolute Gasteiger partial charge is 0.0210 e. The molecule has 102 valence electrons. The van der Waals surface area contributed by atoms with Crippen LogP contribution in [0.25, 0.3) is 0 Å². The third kappa shape index (κ3) is 3.92. The van der Waals surface area contributed by atoms with E-state index in [2.05, 4.69) is 62.7 Å². The van der Waals surface area contributed by atoms with Crippen LogP contribution >= 0.6 is 11.3 Å². The van der Waals surface area contributed by atoms with E-state index in [4.69, 9.17) is 0 Å². The summed E-state index contributed by atoms with van der Waals surface area (Å²) in [7, 11) is 0. The molecule has 19 heavy (non-hydrogen) atoms. The van der Waals surface area contributed by atoms with Gasteiger partial charge in [-0.05, 0) is 67.8 Å². The molecule has 1 atom stereocenters. The first-order chi connectivity index (χ1) is 9.06. The van der Waals surface area contributed by atoms with Gasteiger partial charge in [-0.2, -0.15) is 0 Å². The zero-order valence-electron chi connectivity index (χ0n) is 12.3. The Bertz CT molecular complexity index is 528. The minimum Gasteiger partial charge on any atom is -0.310 e. The van der Waals surface area contributed by atoms with Crippen molar-refractivity contribution in [3.05, 3.63) is 56.8 Å². The molecule has 1 N–H and O–H groups in total. The fraction of sp³-hybridized carbons (Fsp3) is 0.412. The second kappa shape index (κ2) is 6.36. The minimum absolute atomic E-state index is 0.514. The summed E-state index contributed by atoms with van der Waals surface area (Å²) < 4.78 is 0. The van der Waals surface area contributed by atoms with Crippen molar-refractivity contribution >= 4 is 11.3 Å². The van der Waals surface area contributed by atoms with Crippen LogP contribution in [0.2, 0.25) is 0 Å². The Kier molecular flexibility index (Phi) is 4.78. The zero-order chi connectivity index (χ0) is 13.8. The van der Waals surface area contributed by atoms with E-state index in [1.54, 1.807) is 0 Å². The summed E-state index contributed by atoms with van der Waals surface area (Å²) in [4.78, 5) is 1.46. The Labute approximate surface area is 120 Å². The number of rotatable bonds is 5. The molecule has 0 spiro atoms. The lowest BCUT2D eigenvalue weighted by atomic mass is 10.0. The van der Waals surface area contributed by atoms with Gasteiger partial charge in [0, 0.05) is 17.5 Å². The van der Waals surface area contributed by atoms with Crippen molar-refractivity contribution in [2.24, 2.45) is 0 Å². The lowest BCUT2D eigenvalue weighted by Crippen LogP contribution is -2.27. The van der Waals surface area contributed by atoms with Gasteiger partial charge < -0.3 is 5.32 Å². The van der Waals surface area contributed by atoms with E-state index in [1.807, 2.05) is 11.3 Å². The summed E-state index contributed by atoms with van der Waals surface area (Å²) in [5.74, 6) is 0. The molecule has 1 unspecified atom stereocenters. The van der Waals surface area contributed by atoms with Crippen LogP contribution in [-0.4, -0.2) is 6.04 Å². The number of nitrogens with one attached hydrogen (secondary N) is 1. The van der Waals surface area contributed by atoms with Crippen LogP contribution in [0.15, 0.2) is 29.6 Å². The lowest BCUT2D eigenvalue weighted by Gasteiger charge is -2.15. The monoisotopic (exact) mass is 273 g/mol. The summed E-state index contributed by atoms with van der Waals surface area (Å²) in [6.45, 7) is 9.79. The molecular weight excluding hydrogens is 250 g/mol. The lowest BCUT2D eigenvalue weighted by molar-refractivity contribution is 0.547. The largest absolute Gasteiger partial charge is 0.310 e. The average molecular weight is 273 g/mol. The molecule has 0 saturated carbocycles. The Morgan fingerprint density at radius 3 is 2.53 bits per heavy atom. The van der Waals surface area contributed by atoms with Gasteiger partial charge in [-0.25, -0.2) is 0 Å². The molecule has 0 aliphatic heterocycles. The van der Waals surface area contributed by atoms with Crippen molar-refractivity contribution < 1.29 is 0 Å². The standard InChI is InChI=1S/C17H23NS/c1-12-8-14(3)16(9-13(12)2)11-18-15(4)10-17-6-5-7-19-17/h5-9,15,18H,10-11H2,1-4H3. The molecule has 1 aromatic carbocycles. The van der Waals surface area contributed by atoms with Crippen molar-refractivity contribution in [1.29, 1.82) is 0 Å². The average Bonchev–Trinajstić information content (AvgIpc) is 2.85. The van der Waals surface area contributed by atoms with Crippen LogP contribution in [0.1, 0.15) is 34.1 Å². The van der Waals surface area contributed by atoms with E-state index in [9.17, 15) is 0 Å². The van der Waals surface area contributed by atoms with Gasteiger partial charge in [-0.15, -0.1) is 11.3 Å². The highest BCUT2D eigenvalue weighted by Crippen LogP contribution is 2.16. The SMILES string of the molecule is Cc1cc(C)c(CNC(C)Cc2cccs2)cc1C. The first kappa shape index (κ1) is 14.3. The summed E-state index contributed by atoms with van der Waals surface area (Å²) >= 11 is 1.84. The quantitative estimate of drug-likeness (QED) is 0.851. The summed E-state index contributed by atoms with van der Waals surface area (Å²) in [6, 6.07) is 9.45. The molecular formula is C17H23NS. The normalized spacial score (nSPS) is 12.6. The van der Waals surface area contributed by atoms with Crippen LogP contribution in [0.3, 0.4) is 0 Å². The van der Waals surface area contributed by atoms with Crippen molar-refractivity contribution in [2.45, 2.75) is 46.7 Å². The van der Waals surface area contributed by atoms with E-state index >= 15 is 0 Å². The first-order valence-corrected chi connectivity index (χ1v) is 7.76. The van der Waals surface area contributed by atoms with E-state index in [-0.39, 0.29) is 0 Å². The predicted molar refractivity (Wildman–Crippen MR) is 85.0 cm³/mol. The Morgan fingerprint density at radius 2 is 1.84 bits per heavy atom. The van der Waals surface area contributed by atoms with Crippen LogP contribution in [0, 0.1) is 20.8 Å². The molecule has 1 nitrogen and oxygen atoms in total. The third-order valence-corrected chi connectivity index (χ3v) is 4.58. The fourth-order valence-corrected chi connectivity index (χ4v) is 3.13. The summed E-state index contributed by atoms with van der Waals surface area (Å²) in [6.07, 6.45) is 1.11. The van der Waals surface area contributed by atoms with Crippen molar-refractivity contribution in [2.75, 3.05) is 0 Å². The maximum atomic E-state index is 3.63. The van der Waals surface area contributed by atoms with Gasteiger partial charge in [0.1, 0.15) is 0 Å². The maximum absolute atomic E-state index is 3.63. The van der Waals surface area contributed by atoms with E-state index in [0.717, 1.165) is 13.0 Å². The molecule has 0 aliphatic carbocycles. The molecule has 0 aliphatic rings. The molecule has 0 amide bonds. The highest BCUT2D eigenvalue weighted by molar-refractivity contribution is 7.09. The van der Waals surface area contributed by atoms with Crippen molar-refractivity contribution in [3.63, 3.8) is 0 Å². The maximum Gasteiger partial charge on any atom is 0.0210 e. The first-order valence-electron chi connectivity index (χ1n) is 6.88. The van der Waals surface area contributed by atoms with Crippen LogP contribution in [-0.2, 0) is 13.0 Å². The van der Waals surface area contributed by atoms with Gasteiger partial charge in [0.25, 0.3) is 0 Å². The van der Waals surface area contributed by atoms with Gasteiger partial charge in [-0.1, -0.05) is 18.2 Å². The third-order valence-electron chi connectivity index (χ3n) is 3.68. The summed E-state index contributed by atoms with van der Waals surface area (Å²) in [5, 5.41) is 5.78. The number of hydrogen-bond donors (Lipinski definition) is 1. The molecule has 0 bridgehead atoms. The molecule has 1 heterocycles. The molecule has 0 saturated heterocycles. The Balaban J connectivity index is 1.93. The highest BCUT2D eigenvalue weighted by Gasteiger charge is 2.06. The van der Waals surface area contributed by atoms with Crippen LogP contribution < -0.4 is 5.32 Å². The topological polar surface area (TPSA) is 12.0 Å². The van der Waals surface area contributed by atoms with Gasteiger partial charge in [-0.3, -0.25) is 0 Å². The minimum atomic E-state index is 0.514. The molecule has 2 rings (SSSR count). The van der Waals surface area contributed by atoms with Crippen LogP contribution in [0.4, 0.5) is 0 Å². The number of thiophene rings is 1. The van der Waals surface area contributed by atoms with E-state index in [0.29, 0.717) is 6.04 Å². The van der Waals surface area contributed by atoms with Gasteiger partial charge in [0.15, 0.2) is 0 Å². The molecule has 0 fully saturated rings. The predicted octanol–water partition coefficient (Wildman–Crippen LogP) is 4.39. The summed E-state index contributed by atoms with van der Waals surface area (Å²) in [5.41, 5.74) is 5.57. The zero-order valence-corrected chi connectivity index (χ0v) is 13.1. The molecule has 2 aromatic rings. The number of benzene rings is 1. The van der Waals surface area contributed by atoms with Gasteiger partial charge in [0.2, 0.25) is 0 Å². The van der Waals surface area contributed by atoms with Gasteiger partial charge >= 0.3 is 0 Å². The molecule has 1 aromatic heterocycles.